The number of nitrogens with zero attached hydrogens (tertiary/aromatic N) is 4. The smallest absolute Gasteiger partial charge is 0.225 e. The van der Waals surface area contributed by atoms with Gasteiger partial charge in [-0.15, -0.1) is 0 Å². The Kier molecular flexibility index (Phi) is 3.69. The summed E-state index contributed by atoms with van der Waals surface area (Å²) in [5.41, 5.74) is 0. The van der Waals surface area contributed by atoms with E-state index in [4.69, 9.17) is 23.2 Å². The van der Waals surface area contributed by atoms with Crippen LogP contribution >= 0.6 is 23.2 Å². The van der Waals surface area contributed by atoms with Crippen LogP contribution < -0.4 is 4.90 Å². The number of aromatic nitrogens is 2. The number of carbonyl (C=O) groups is 1. The molecule has 0 radical (unpaired) electrons. The van der Waals surface area contributed by atoms with Crippen LogP contribution in [0.2, 0.25) is 10.4 Å². The van der Waals surface area contributed by atoms with Gasteiger partial charge in [-0.1, -0.05) is 11.6 Å². The number of amides is 1. The Hall–Kier alpha value is -1.07. The zero-order valence-corrected chi connectivity index (χ0v) is 10.9. The van der Waals surface area contributed by atoms with Crippen LogP contribution in [0.25, 0.3) is 0 Å². The number of carbonyl (C=O) groups excluding carboxylic acids is 1. The van der Waals surface area contributed by atoms with Crippen molar-refractivity contribution >= 4 is 34.9 Å². The van der Waals surface area contributed by atoms with E-state index in [9.17, 15) is 4.79 Å². The maximum atomic E-state index is 11.2. The molecule has 1 aliphatic heterocycles. The molecule has 1 aromatic rings. The van der Waals surface area contributed by atoms with Crippen molar-refractivity contribution in [2.75, 3.05) is 31.1 Å². The van der Waals surface area contributed by atoms with Gasteiger partial charge in [-0.25, -0.2) is 9.97 Å². The third kappa shape index (κ3) is 2.98. The zero-order valence-electron chi connectivity index (χ0n) is 9.36. The number of rotatable bonds is 1. The van der Waals surface area contributed by atoms with Crippen LogP contribution in [0.3, 0.4) is 0 Å². The monoisotopic (exact) mass is 274 g/mol. The number of piperazine rings is 1. The van der Waals surface area contributed by atoms with Gasteiger partial charge in [0.25, 0.3) is 0 Å². The van der Waals surface area contributed by atoms with E-state index in [1.807, 2.05) is 4.90 Å². The average molecular weight is 275 g/mol. The van der Waals surface area contributed by atoms with Crippen LogP contribution in [0.5, 0.6) is 0 Å². The molecule has 17 heavy (non-hydrogen) atoms. The summed E-state index contributed by atoms with van der Waals surface area (Å²) in [5, 5.41) is 0.468. The molecule has 0 N–H and O–H groups in total. The van der Waals surface area contributed by atoms with E-state index >= 15 is 0 Å². The van der Waals surface area contributed by atoms with Crippen LogP contribution in [0.1, 0.15) is 6.92 Å². The summed E-state index contributed by atoms with van der Waals surface area (Å²) in [6.07, 6.45) is 0. The summed E-state index contributed by atoms with van der Waals surface area (Å²) in [7, 11) is 0. The van der Waals surface area contributed by atoms with Crippen LogP contribution in [0, 0.1) is 0 Å². The Balaban J connectivity index is 2.07. The van der Waals surface area contributed by atoms with Gasteiger partial charge in [-0.3, -0.25) is 4.79 Å². The minimum absolute atomic E-state index is 0.100. The van der Waals surface area contributed by atoms with Crippen molar-refractivity contribution in [3.63, 3.8) is 0 Å². The molecule has 0 aliphatic carbocycles. The maximum absolute atomic E-state index is 11.2. The molecule has 0 unspecified atom stereocenters. The standard InChI is InChI=1S/C10H12Cl2N4O/c1-7(17)15-2-4-16(5-3-15)9-6-8(11)13-10(12)14-9/h6H,2-5H2,1H3. The number of hydrogen-bond acceptors (Lipinski definition) is 4. The van der Waals surface area contributed by atoms with Crippen molar-refractivity contribution in [1.29, 1.82) is 0 Å². The molecular formula is C10H12Cl2N4O. The average Bonchev–Trinajstić information content (AvgIpc) is 2.28. The molecule has 0 bridgehead atoms. The predicted octanol–water partition coefficient (Wildman–Crippen LogP) is 1.45. The fourth-order valence-electron chi connectivity index (χ4n) is 1.79. The molecule has 92 valence electrons. The lowest BCUT2D eigenvalue weighted by atomic mass is 10.3. The summed E-state index contributed by atoms with van der Waals surface area (Å²) in [6, 6.07) is 1.68. The Bertz CT molecular complexity index is 412. The topological polar surface area (TPSA) is 49.3 Å². The van der Waals surface area contributed by atoms with Crippen LogP contribution in [-0.4, -0.2) is 47.0 Å². The molecule has 0 saturated carbocycles. The summed E-state index contributed by atoms with van der Waals surface area (Å²) in [4.78, 5) is 23.0. The first kappa shape index (κ1) is 12.4. The van der Waals surface area contributed by atoms with E-state index in [1.165, 1.54) is 0 Å². The quantitative estimate of drug-likeness (QED) is 0.575. The van der Waals surface area contributed by atoms with E-state index in [0.717, 1.165) is 13.1 Å². The molecule has 0 atom stereocenters. The summed E-state index contributed by atoms with van der Waals surface area (Å²) in [5.74, 6) is 0.807. The largest absolute Gasteiger partial charge is 0.353 e. The van der Waals surface area contributed by atoms with E-state index in [0.29, 0.717) is 24.1 Å². The number of anilines is 1. The number of halogens is 2. The highest BCUT2D eigenvalue weighted by atomic mass is 35.5. The minimum Gasteiger partial charge on any atom is -0.353 e. The van der Waals surface area contributed by atoms with Gasteiger partial charge in [0.2, 0.25) is 11.2 Å². The SMILES string of the molecule is CC(=O)N1CCN(c2cc(Cl)nc(Cl)n2)CC1. The number of hydrogen-bond donors (Lipinski definition) is 0. The molecule has 2 rings (SSSR count). The second-order valence-corrected chi connectivity index (χ2v) is 4.54. The van der Waals surface area contributed by atoms with Crippen LogP contribution in [0.4, 0.5) is 5.82 Å². The van der Waals surface area contributed by atoms with Crippen molar-refractivity contribution < 1.29 is 4.79 Å². The molecular weight excluding hydrogens is 263 g/mol. The van der Waals surface area contributed by atoms with Gasteiger partial charge < -0.3 is 9.80 Å². The fraction of sp³-hybridized carbons (Fsp3) is 0.500. The zero-order chi connectivity index (χ0) is 12.4. The van der Waals surface area contributed by atoms with Gasteiger partial charge in [-0.05, 0) is 11.6 Å². The minimum atomic E-state index is 0.100. The van der Waals surface area contributed by atoms with E-state index in [-0.39, 0.29) is 11.2 Å². The summed E-state index contributed by atoms with van der Waals surface area (Å²) < 4.78 is 0. The second kappa shape index (κ2) is 5.06. The first-order valence-corrected chi connectivity index (χ1v) is 6.02. The molecule has 1 saturated heterocycles. The fourth-order valence-corrected chi connectivity index (χ4v) is 2.19. The van der Waals surface area contributed by atoms with Gasteiger partial charge in [0, 0.05) is 39.2 Å². The van der Waals surface area contributed by atoms with Crippen LogP contribution in [-0.2, 0) is 4.79 Å². The Labute approximate surface area is 109 Å². The first-order valence-electron chi connectivity index (χ1n) is 5.27. The highest BCUT2D eigenvalue weighted by molar-refractivity contribution is 6.32. The molecule has 1 amide bonds. The Morgan fingerprint density at radius 3 is 2.41 bits per heavy atom. The lowest BCUT2D eigenvalue weighted by Crippen LogP contribution is -2.48. The van der Waals surface area contributed by atoms with Gasteiger partial charge >= 0.3 is 0 Å². The van der Waals surface area contributed by atoms with Gasteiger partial charge in [0.15, 0.2) is 0 Å². The van der Waals surface area contributed by atoms with E-state index in [1.54, 1.807) is 17.9 Å². The molecule has 1 fully saturated rings. The lowest BCUT2D eigenvalue weighted by Gasteiger charge is -2.34. The Morgan fingerprint density at radius 2 is 1.88 bits per heavy atom. The summed E-state index contributed by atoms with van der Waals surface area (Å²) >= 11 is 11.6. The Morgan fingerprint density at radius 1 is 1.24 bits per heavy atom. The molecule has 5 nitrogen and oxygen atoms in total. The highest BCUT2D eigenvalue weighted by Gasteiger charge is 2.20. The molecule has 1 aromatic heterocycles. The normalized spacial score (nSPS) is 16.2. The van der Waals surface area contributed by atoms with Crippen molar-refractivity contribution in [2.45, 2.75) is 6.92 Å². The van der Waals surface area contributed by atoms with Gasteiger partial charge in [-0.2, -0.15) is 0 Å². The van der Waals surface area contributed by atoms with Crippen molar-refractivity contribution in [3.8, 4) is 0 Å². The van der Waals surface area contributed by atoms with Crippen LogP contribution in [0.15, 0.2) is 6.07 Å². The maximum Gasteiger partial charge on any atom is 0.225 e. The first-order chi connectivity index (χ1) is 8.06. The third-order valence-corrected chi connectivity index (χ3v) is 3.07. The summed E-state index contributed by atoms with van der Waals surface area (Å²) in [6.45, 7) is 4.41. The van der Waals surface area contributed by atoms with E-state index in [2.05, 4.69) is 9.97 Å². The van der Waals surface area contributed by atoms with Crippen molar-refractivity contribution in [2.24, 2.45) is 0 Å². The second-order valence-electron chi connectivity index (χ2n) is 3.81. The van der Waals surface area contributed by atoms with Gasteiger partial charge in [0.1, 0.15) is 11.0 Å². The molecule has 0 spiro atoms. The third-order valence-electron chi connectivity index (χ3n) is 2.70. The highest BCUT2D eigenvalue weighted by Crippen LogP contribution is 2.19. The predicted molar refractivity (Wildman–Crippen MR) is 66.5 cm³/mol. The lowest BCUT2D eigenvalue weighted by molar-refractivity contribution is -0.129. The molecule has 0 aromatic carbocycles. The van der Waals surface area contributed by atoms with Crippen molar-refractivity contribution in [1.82, 2.24) is 14.9 Å². The molecule has 7 heteroatoms. The van der Waals surface area contributed by atoms with E-state index < -0.39 is 0 Å². The van der Waals surface area contributed by atoms with Gasteiger partial charge in [0.05, 0.1) is 0 Å². The molecule has 1 aliphatic rings. The van der Waals surface area contributed by atoms with Crippen molar-refractivity contribution in [3.05, 3.63) is 16.5 Å². The molecule has 2 heterocycles.